The van der Waals surface area contributed by atoms with Gasteiger partial charge in [-0.15, -0.1) is 0 Å². The molecule has 2 heteroatoms. The fourth-order valence-corrected chi connectivity index (χ4v) is 2.60. The van der Waals surface area contributed by atoms with E-state index in [0.29, 0.717) is 0 Å². The molecule has 17 heavy (non-hydrogen) atoms. The van der Waals surface area contributed by atoms with Crippen LogP contribution in [-0.2, 0) is 5.75 Å². The molecule has 0 saturated carbocycles. The van der Waals surface area contributed by atoms with Gasteiger partial charge < -0.3 is 5.11 Å². The molecular formula is C15H16OS. The predicted molar refractivity (Wildman–Crippen MR) is 74.0 cm³/mol. The summed E-state index contributed by atoms with van der Waals surface area (Å²) in [6.45, 7) is 0. The average molecular weight is 244 g/mol. The van der Waals surface area contributed by atoms with Gasteiger partial charge in [0.2, 0.25) is 0 Å². The molecule has 0 saturated heterocycles. The minimum atomic E-state index is -0.370. The van der Waals surface area contributed by atoms with Crippen molar-refractivity contribution in [2.24, 2.45) is 0 Å². The van der Waals surface area contributed by atoms with Crippen molar-refractivity contribution in [1.82, 2.24) is 0 Å². The first kappa shape index (κ1) is 12.2. The van der Waals surface area contributed by atoms with E-state index in [2.05, 4.69) is 12.1 Å². The van der Waals surface area contributed by atoms with E-state index in [1.54, 1.807) is 11.8 Å². The summed E-state index contributed by atoms with van der Waals surface area (Å²) in [5.41, 5.74) is 2.30. The Morgan fingerprint density at radius 1 is 0.882 bits per heavy atom. The number of thioether (sulfide) groups is 1. The summed E-state index contributed by atoms with van der Waals surface area (Å²) < 4.78 is 0. The van der Waals surface area contributed by atoms with E-state index in [9.17, 15) is 5.11 Å². The van der Waals surface area contributed by atoms with Crippen molar-refractivity contribution < 1.29 is 5.11 Å². The number of rotatable bonds is 5. The van der Waals surface area contributed by atoms with Crippen molar-refractivity contribution in [2.45, 2.75) is 11.9 Å². The fourth-order valence-electron chi connectivity index (χ4n) is 1.63. The quantitative estimate of drug-likeness (QED) is 0.866. The molecule has 0 unspecified atom stereocenters. The van der Waals surface area contributed by atoms with Crippen LogP contribution in [0.5, 0.6) is 0 Å². The molecule has 2 rings (SSSR count). The van der Waals surface area contributed by atoms with E-state index >= 15 is 0 Å². The third kappa shape index (κ3) is 3.91. The van der Waals surface area contributed by atoms with Crippen LogP contribution in [0.2, 0.25) is 0 Å². The van der Waals surface area contributed by atoms with Crippen molar-refractivity contribution in [2.75, 3.05) is 5.75 Å². The second-order valence-corrected chi connectivity index (χ2v) is 4.96. The Morgan fingerprint density at radius 2 is 1.47 bits per heavy atom. The summed E-state index contributed by atoms with van der Waals surface area (Å²) in [4.78, 5) is 0. The van der Waals surface area contributed by atoms with Crippen molar-refractivity contribution in [3.63, 3.8) is 0 Å². The summed E-state index contributed by atoms with van der Waals surface area (Å²) in [6.07, 6.45) is -0.370. The fraction of sp³-hybridized carbons (Fsp3) is 0.200. The van der Waals surface area contributed by atoms with Gasteiger partial charge in [-0.3, -0.25) is 0 Å². The van der Waals surface area contributed by atoms with Gasteiger partial charge in [-0.2, -0.15) is 11.8 Å². The smallest absolute Gasteiger partial charge is 0.0880 e. The van der Waals surface area contributed by atoms with Crippen molar-refractivity contribution in [3.8, 4) is 0 Å². The van der Waals surface area contributed by atoms with Gasteiger partial charge in [0.15, 0.2) is 0 Å². The first-order valence-electron chi connectivity index (χ1n) is 5.71. The number of aliphatic hydroxyl groups is 1. The Morgan fingerprint density at radius 3 is 2.12 bits per heavy atom. The molecule has 1 N–H and O–H groups in total. The summed E-state index contributed by atoms with van der Waals surface area (Å²) in [5.74, 6) is 1.68. The van der Waals surface area contributed by atoms with Gasteiger partial charge >= 0.3 is 0 Å². The Hall–Kier alpha value is -1.25. The molecule has 0 amide bonds. The average Bonchev–Trinajstić information content (AvgIpc) is 2.41. The first-order chi connectivity index (χ1) is 8.36. The van der Waals surface area contributed by atoms with Crippen LogP contribution in [0.1, 0.15) is 17.2 Å². The van der Waals surface area contributed by atoms with Crippen LogP contribution >= 0.6 is 11.8 Å². The van der Waals surface area contributed by atoms with Crippen molar-refractivity contribution in [1.29, 1.82) is 0 Å². The molecule has 0 bridgehead atoms. The SMILES string of the molecule is O[C@@H](CSCc1ccccc1)c1ccccc1. The van der Waals surface area contributed by atoms with E-state index in [1.165, 1.54) is 5.56 Å². The van der Waals surface area contributed by atoms with E-state index in [4.69, 9.17) is 0 Å². The second kappa shape index (κ2) is 6.48. The molecular weight excluding hydrogens is 228 g/mol. The van der Waals surface area contributed by atoms with Gasteiger partial charge in [0.1, 0.15) is 0 Å². The molecule has 0 radical (unpaired) electrons. The topological polar surface area (TPSA) is 20.2 Å². The molecule has 0 aromatic heterocycles. The van der Waals surface area contributed by atoms with Crippen molar-refractivity contribution >= 4 is 11.8 Å². The molecule has 1 nitrogen and oxygen atoms in total. The minimum Gasteiger partial charge on any atom is -0.388 e. The van der Waals surface area contributed by atoms with Crippen LogP contribution in [0.25, 0.3) is 0 Å². The summed E-state index contributed by atoms with van der Waals surface area (Å²) in [7, 11) is 0. The molecule has 0 heterocycles. The highest BCUT2D eigenvalue weighted by Gasteiger charge is 2.06. The van der Waals surface area contributed by atoms with Crippen molar-refractivity contribution in [3.05, 3.63) is 71.8 Å². The van der Waals surface area contributed by atoms with Gasteiger partial charge in [-0.25, -0.2) is 0 Å². The summed E-state index contributed by atoms with van der Waals surface area (Å²) in [6, 6.07) is 20.2. The maximum atomic E-state index is 9.98. The summed E-state index contributed by atoms with van der Waals surface area (Å²) in [5, 5.41) is 9.98. The predicted octanol–water partition coefficient (Wildman–Crippen LogP) is 3.65. The Balaban J connectivity index is 1.79. The zero-order valence-electron chi connectivity index (χ0n) is 9.62. The third-order valence-corrected chi connectivity index (χ3v) is 3.66. The van der Waals surface area contributed by atoms with E-state index < -0.39 is 0 Å². The molecule has 0 spiro atoms. The Bertz CT molecular complexity index is 427. The normalized spacial score (nSPS) is 12.3. The van der Waals surface area contributed by atoms with Crippen LogP contribution in [0.4, 0.5) is 0 Å². The number of hydrogen-bond donors (Lipinski definition) is 1. The van der Waals surface area contributed by atoms with E-state index in [-0.39, 0.29) is 6.10 Å². The molecule has 1 atom stereocenters. The lowest BCUT2D eigenvalue weighted by molar-refractivity contribution is 0.204. The van der Waals surface area contributed by atoms with Gasteiger partial charge in [-0.1, -0.05) is 60.7 Å². The Kier molecular flexibility index (Phi) is 4.65. The standard InChI is InChI=1S/C15H16OS/c16-15(14-9-5-2-6-10-14)12-17-11-13-7-3-1-4-8-13/h1-10,15-16H,11-12H2/t15-/m0/s1. The monoisotopic (exact) mass is 244 g/mol. The molecule has 2 aromatic carbocycles. The van der Waals surface area contributed by atoms with Crippen LogP contribution in [-0.4, -0.2) is 10.9 Å². The lowest BCUT2D eigenvalue weighted by Gasteiger charge is -2.10. The number of benzene rings is 2. The van der Waals surface area contributed by atoms with E-state index in [0.717, 1.165) is 17.1 Å². The molecule has 0 aliphatic carbocycles. The lowest BCUT2D eigenvalue weighted by Crippen LogP contribution is -2.00. The zero-order valence-corrected chi connectivity index (χ0v) is 10.4. The lowest BCUT2D eigenvalue weighted by atomic mass is 10.1. The number of hydrogen-bond acceptors (Lipinski definition) is 2. The van der Waals surface area contributed by atoms with Gasteiger partial charge in [-0.05, 0) is 11.1 Å². The maximum absolute atomic E-state index is 9.98. The van der Waals surface area contributed by atoms with Crippen LogP contribution < -0.4 is 0 Å². The summed E-state index contributed by atoms with van der Waals surface area (Å²) >= 11 is 1.76. The second-order valence-electron chi connectivity index (χ2n) is 3.93. The highest BCUT2D eigenvalue weighted by Crippen LogP contribution is 2.20. The molecule has 0 aliphatic heterocycles. The molecule has 88 valence electrons. The van der Waals surface area contributed by atoms with Gasteiger partial charge in [0, 0.05) is 11.5 Å². The Labute approximate surface area is 107 Å². The highest BCUT2D eigenvalue weighted by molar-refractivity contribution is 7.98. The first-order valence-corrected chi connectivity index (χ1v) is 6.86. The molecule has 0 aliphatic rings. The van der Waals surface area contributed by atoms with Gasteiger partial charge in [0.25, 0.3) is 0 Å². The van der Waals surface area contributed by atoms with E-state index in [1.807, 2.05) is 48.5 Å². The third-order valence-electron chi connectivity index (χ3n) is 2.57. The highest BCUT2D eigenvalue weighted by atomic mass is 32.2. The zero-order chi connectivity index (χ0) is 11.9. The van der Waals surface area contributed by atoms with Crippen LogP contribution in [0, 0.1) is 0 Å². The van der Waals surface area contributed by atoms with Gasteiger partial charge in [0.05, 0.1) is 6.10 Å². The van der Waals surface area contributed by atoms with Crippen LogP contribution in [0.3, 0.4) is 0 Å². The largest absolute Gasteiger partial charge is 0.388 e. The molecule has 2 aromatic rings. The number of aliphatic hydroxyl groups excluding tert-OH is 1. The maximum Gasteiger partial charge on any atom is 0.0880 e. The molecule has 0 fully saturated rings. The van der Waals surface area contributed by atoms with Crippen LogP contribution in [0.15, 0.2) is 60.7 Å². The minimum absolute atomic E-state index is 0.370.